The number of ketones is 1. The minimum Gasteiger partial charge on any atom is -0.450 e. The molecule has 3 saturated heterocycles. The molecule has 16 unspecified atom stereocenters. The van der Waals surface area contributed by atoms with Gasteiger partial charge in [0, 0.05) is 79.2 Å². The Bertz CT molecular complexity index is 2380. The van der Waals surface area contributed by atoms with Crippen molar-refractivity contribution >= 4 is 53.6 Å². The molecule has 0 aromatic carbocycles. The van der Waals surface area contributed by atoms with E-state index in [2.05, 4.69) is 49.5 Å². The van der Waals surface area contributed by atoms with Crippen LogP contribution in [0.3, 0.4) is 0 Å². The molecule has 608 valence electrons. The molecule has 35 heteroatoms. The van der Waals surface area contributed by atoms with Crippen molar-refractivity contribution in [2.75, 3.05) is 92.2 Å². The molecule has 17 N–H and O–H groups in total. The van der Waals surface area contributed by atoms with Crippen molar-refractivity contribution in [3.63, 3.8) is 0 Å². The van der Waals surface area contributed by atoms with E-state index in [4.69, 9.17) is 42.6 Å². The first kappa shape index (κ1) is 93.4. The predicted octanol–water partition coefficient (Wildman–Crippen LogP) is 0.386. The van der Waals surface area contributed by atoms with Crippen LogP contribution < -0.4 is 42.5 Å². The van der Waals surface area contributed by atoms with E-state index in [0.29, 0.717) is 110 Å². The molecule has 3 heterocycles. The highest BCUT2D eigenvalue weighted by Gasteiger charge is 2.48. The van der Waals surface area contributed by atoms with Crippen molar-refractivity contribution in [3.8, 4) is 0 Å². The first-order chi connectivity index (χ1) is 50.3. The number of aliphatic hydroxyl groups excluding tert-OH is 9. The lowest BCUT2D eigenvalue weighted by Crippen LogP contribution is -2.64. The van der Waals surface area contributed by atoms with Crippen LogP contribution in [0.2, 0.25) is 0 Å². The number of nitrogens with one attached hydrogen (secondary N) is 8. The van der Waals surface area contributed by atoms with E-state index in [1.165, 1.54) is 20.8 Å². The van der Waals surface area contributed by atoms with Crippen LogP contribution in [0.4, 0.5) is 14.4 Å². The van der Waals surface area contributed by atoms with Crippen LogP contribution in [0.5, 0.6) is 0 Å². The molecule has 0 spiro atoms. The van der Waals surface area contributed by atoms with Gasteiger partial charge in [-0.25, -0.2) is 14.4 Å². The molecule has 0 radical (unpaired) electrons. The largest absolute Gasteiger partial charge is 0.450 e. The lowest BCUT2D eigenvalue weighted by Gasteiger charge is -2.42. The highest BCUT2D eigenvalue weighted by Crippen LogP contribution is 2.35. The molecule has 105 heavy (non-hydrogen) atoms. The number of aliphatic hydroxyl groups is 9. The molecule has 0 aromatic heterocycles. The maximum absolute atomic E-state index is 12.6. The van der Waals surface area contributed by atoms with Gasteiger partial charge < -0.3 is 131 Å². The second kappa shape index (κ2) is 54.8. The molecule has 0 saturated carbocycles. The molecule has 0 aliphatic carbocycles. The van der Waals surface area contributed by atoms with Crippen LogP contribution >= 0.6 is 0 Å². The number of carbonyl (C=O) groups is 9. The Balaban J connectivity index is 1.30. The number of rotatable bonds is 56. The normalized spacial score (nSPS) is 25.0. The van der Waals surface area contributed by atoms with Gasteiger partial charge in [-0.15, -0.1) is 0 Å². The van der Waals surface area contributed by atoms with Gasteiger partial charge in [0.15, 0.2) is 18.9 Å². The molecule has 3 aliphatic heterocycles. The summed E-state index contributed by atoms with van der Waals surface area (Å²) in [5.74, 6) is -1.70. The maximum atomic E-state index is 12.6. The summed E-state index contributed by atoms with van der Waals surface area (Å²) in [5, 5.41) is 112. The van der Waals surface area contributed by atoms with Crippen molar-refractivity contribution in [2.45, 2.75) is 293 Å². The number of amides is 8. The second-order valence-corrected chi connectivity index (χ2v) is 27.5. The van der Waals surface area contributed by atoms with E-state index in [9.17, 15) is 89.1 Å². The minimum atomic E-state index is -1.43. The van der Waals surface area contributed by atoms with Gasteiger partial charge in [0.2, 0.25) is 29.5 Å². The Kier molecular flexibility index (Phi) is 48.7. The standard InChI is InChI=1S/C70H126N8O27/c1-46(82)76-55-61(91)58(88)50(43-79)103-64(55)97-38-20-26-49(85)25-12-6-5-7-16-34-74-68(95)101-41-23-30-70(4,31-24-42-102-69(96)75-36-18-11-9-15-33-72-54(87)28-22-40-99-66-57(78-48(3)84)63(93)60(90)52(45-81)105-66)29-13-19-37-100-67(94)73-35-17-10-8-14-32-71-53(86)27-21-39-98-65-56(77-47(2)83)62(92)59(89)51(44-80)104-65/h50-52,55-66,79-81,88-93H,5-45H2,1-4H3,(H,71,86)(H,72,87)(H,73,94)(H,74,95)(H,75,96)(H,76,82)(H,77,83)(H,78,84). The zero-order chi connectivity index (χ0) is 77.4. The fourth-order valence-corrected chi connectivity index (χ4v) is 12.4. The van der Waals surface area contributed by atoms with Crippen LogP contribution in [-0.4, -0.2) is 284 Å². The fourth-order valence-electron chi connectivity index (χ4n) is 12.4. The maximum Gasteiger partial charge on any atom is 0.407 e. The number of unbranched alkanes of at least 4 members (excludes halogenated alkanes) is 11. The molecule has 3 fully saturated rings. The lowest BCUT2D eigenvalue weighted by atomic mass is 9.77. The smallest absolute Gasteiger partial charge is 0.407 e. The predicted molar refractivity (Wildman–Crippen MR) is 376 cm³/mol. The molecule has 0 aromatic rings. The Hall–Kier alpha value is -5.77. The summed E-state index contributed by atoms with van der Waals surface area (Å²) in [7, 11) is 0. The summed E-state index contributed by atoms with van der Waals surface area (Å²) >= 11 is 0. The van der Waals surface area contributed by atoms with Gasteiger partial charge in [-0.05, 0) is 108 Å². The lowest BCUT2D eigenvalue weighted by molar-refractivity contribution is -0.270. The summed E-state index contributed by atoms with van der Waals surface area (Å²) < 4.78 is 50.1. The minimum absolute atomic E-state index is 0.0586. The molecule has 16 atom stereocenters. The van der Waals surface area contributed by atoms with E-state index in [-0.39, 0.29) is 81.9 Å². The number of carbonyl (C=O) groups excluding carboxylic acids is 9. The van der Waals surface area contributed by atoms with Crippen molar-refractivity contribution in [1.29, 1.82) is 0 Å². The van der Waals surface area contributed by atoms with E-state index in [0.717, 1.165) is 77.0 Å². The molecular weight excluding hydrogens is 1380 g/mol. The third-order valence-electron chi connectivity index (χ3n) is 18.3. The van der Waals surface area contributed by atoms with E-state index in [1.807, 2.05) is 0 Å². The van der Waals surface area contributed by atoms with Crippen molar-refractivity contribution in [3.05, 3.63) is 0 Å². The Morgan fingerprint density at radius 1 is 0.333 bits per heavy atom. The Morgan fingerprint density at radius 3 is 0.952 bits per heavy atom. The van der Waals surface area contributed by atoms with Crippen molar-refractivity contribution in [1.82, 2.24) is 42.5 Å². The van der Waals surface area contributed by atoms with Crippen molar-refractivity contribution in [2.24, 2.45) is 5.41 Å². The number of hydrogen-bond donors (Lipinski definition) is 17. The zero-order valence-corrected chi connectivity index (χ0v) is 62.0. The van der Waals surface area contributed by atoms with Gasteiger partial charge in [-0.3, -0.25) is 28.8 Å². The quantitative estimate of drug-likeness (QED) is 0.0289. The summed E-state index contributed by atoms with van der Waals surface area (Å²) in [6.07, 6.45) is -0.0146. The van der Waals surface area contributed by atoms with Gasteiger partial charge in [-0.2, -0.15) is 0 Å². The van der Waals surface area contributed by atoms with Gasteiger partial charge >= 0.3 is 18.3 Å². The summed E-state index contributed by atoms with van der Waals surface area (Å²) in [6, 6.07) is -3.19. The summed E-state index contributed by atoms with van der Waals surface area (Å²) in [5.41, 5.74) is -0.221. The van der Waals surface area contributed by atoms with Crippen LogP contribution in [0.15, 0.2) is 0 Å². The van der Waals surface area contributed by atoms with E-state index < -0.39 is 148 Å². The average Bonchev–Trinajstić information content (AvgIpc) is 0.822. The van der Waals surface area contributed by atoms with E-state index >= 15 is 0 Å². The molecule has 0 bridgehead atoms. The molecular formula is C70H126N8O27. The third-order valence-corrected chi connectivity index (χ3v) is 18.3. The fraction of sp³-hybridized carbons (Fsp3) is 0.871. The van der Waals surface area contributed by atoms with Gasteiger partial charge in [-0.1, -0.05) is 51.9 Å². The van der Waals surface area contributed by atoms with Gasteiger partial charge in [0.05, 0.1) is 59.5 Å². The molecule has 3 rings (SSSR count). The number of ether oxygens (including phenoxy) is 9. The zero-order valence-electron chi connectivity index (χ0n) is 62.0. The third kappa shape index (κ3) is 39.8. The van der Waals surface area contributed by atoms with Crippen LogP contribution in [0.1, 0.15) is 201 Å². The van der Waals surface area contributed by atoms with Crippen LogP contribution in [0.25, 0.3) is 0 Å². The average molecular weight is 1510 g/mol. The number of hydrogen-bond acceptors (Lipinski definition) is 27. The molecule has 8 amide bonds. The van der Waals surface area contributed by atoms with Crippen molar-refractivity contribution < 1.29 is 132 Å². The van der Waals surface area contributed by atoms with E-state index in [1.54, 1.807) is 0 Å². The Labute approximate surface area is 616 Å². The SMILES string of the molecule is CC(=O)NC1C(OCCCC(=O)CCCCCCCNC(=O)OCCCC(C)(CCCCOC(=O)NCCCCCCNC(=O)CCCOC2OC(CO)C(O)C(O)C2NC(C)=O)CCCOC(=O)NCCCCCCNC(=O)CCCOC2OC(CO)C(O)C(O)C2NC(C)=O)OC(CO)C(O)C1O. The first-order valence-electron chi connectivity index (χ1n) is 37.6. The molecule has 35 nitrogen and oxygen atoms in total. The second-order valence-electron chi connectivity index (χ2n) is 27.5. The Morgan fingerprint density at radius 2 is 0.619 bits per heavy atom. The summed E-state index contributed by atoms with van der Waals surface area (Å²) in [6.45, 7) is 7.18. The van der Waals surface area contributed by atoms with Crippen LogP contribution in [-0.2, 0) is 71.4 Å². The highest BCUT2D eigenvalue weighted by molar-refractivity contribution is 5.78. The highest BCUT2D eigenvalue weighted by atomic mass is 16.7. The number of Topliss-reactive ketones (excluding diaryl/α,β-unsaturated/α-hetero) is 1. The number of alkyl carbamates (subject to hydrolysis) is 3. The van der Waals surface area contributed by atoms with Gasteiger partial charge in [0.1, 0.15) is 78.8 Å². The van der Waals surface area contributed by atoms with Crippen LogP contribution in [0, 0.1) is 5.41 Å². The molecule has 3 aliphatic rings. The first-order valence-corrected chi connectivity index (χ1v) is 37.6. The summed E-state index contributed by atoms with van der Waals surface area (Å²) in [4.78, 5) is 110. The topological polar surface area (TPSA) is 515 Å². The monoisotopic (exact) mass is 1510 g/mol. The van der Waals surface area contributed by atoms with Gasteiger partial charge in [0.25, 0.3) is 0 Å².